The molecule has 0 aromatic carbocycles. The second-order valence-electron chi connectivity index (χ2n) is 5.47. The van der Waals surface area contributed by atoms with E-state index in [2.05, 4.69) is 22.3 Å². The third-order valence-corrected chi connectivity index (χ3v) is 3.76. The molecule has 0 aliphatic carbocycles. The van der Waals surface area contributed by atoms with Gasteiger partial charge in [0.15, 0.2) is 0 Å². The molecular formula is C14H28ClN5. The third kappa shape index (κ3) is 5.40. The van der Waals surface area contributed by atoms with Crippen LogP contribution in [0.1, 0.15) is 50.8 Å². The molecule has 1 aromatic rings. The van der Waals surface area contributed by atoms with Gasteiger partial charge in [0, 0.05) is 6.54 Å². The molecule has 0 spiro atoms. The van der Waals surface area contributed by atoms with Gasteiger partial charge in [-0.1, -0.05) is 44.2 Å². The number of rotatable bonds is 10. The molecule has 0 aliphatic heterocycles. The minimum atomic E-state index is 0.0732. The lowest BCUT2D eigenvalue weighted by atomic mass is 10.1. The van der Waals surface area contributed by atoms with Crippen molar-refractivity contribution in [3.05, 3.63) is 16.9 Å². The lowest BCUT2D eigenvalue weighted by Gasteiger charge is -2.19. The van der Waals surface area contributed by atoms with E-state index in [1.165, 1.54) is 19.3 Å². The maximum Gasteiger partial charge on any atom is 0.0834 e. The Bertz CT molecular complexity index is 378. The second-order valence-corrected chi connectivity index (χ2v) is 5.88. The second kappa shape index (κ2) is 9.34. The van der Waals surface area contributed by atoms with Gasteiger partial charge >= 0.3 is 0 Å². The summed E-state index contributed by atoms with van der Waals surface area (Å²) in [6.07, 6.45) is 7.59. The van der Waals surface area contributed by atoms with Crippen molar-refractivity contribution >= 4 is 11.6 Å². The molecule has 0 fully saturated rings. The van der Waals surface area contributed by atoms with Gasteiger partial charge in [0.2, 0.25) is 0 Å². The maximum absolute atomic E-state index is 6.28. The van der Waals surface area contributed by atoms with E-state index in [-0.39, 0.29) is 6.04 Å². The Kier molecular flexibility index (Phi) is 8.14. The van der Waals surface area contributed by atoms with Crippen molar-refractivity contribution in [1.82, 2.24) is 20.1 Å². The van der Waals surface area contributed by atoms with Crippen molar-refractivity contribution in [2.75, 3.05) is 20.6 Å². The van der Waals surface area contributed by atoms with Crippen LogP contribution in [0.15, 0.2) is 6.20 Å². The van der Waals surface area contributed by atoms with E-state index in [4.69, 9.17) is 17.4 Å². The van der Waals surface area contributed by atoms with Gasteiger partial charge in [0.25, 0.3) is 0 Å². The highest BCUT2D eigenvalue weighted by atomic mass is 35.5. The Morgan fingerprint density at radius 1 is 1.40 bits per heavy atom. The van der Waals surface area contributed by atoms with E-state index in [9.17, 15) is 0 Å². The van der Waals surface area contributed by atoms with Gasteiger partial charge in [0.05, 0.1) is 29.5 Å². The Labute approximate surface area is 127 Å². The van der Waals surface area contributed by atoms with Gasteiger partial charge in [-0.25, -0.2) is 0 Å². The number of likely N-dealkylation sites (N-methyl/N-ethyl adjacent to an activating group) is 1. The van der Waals surface area contributed by atoms with Crippen molar-refractivity contribution in [3.63, 3.8) is 0 Å². The first-order valence-corrected chi connectivity index (χ1v) is 7.80. The molecule has 5 nitrogen and oxygen atoms in total. The molecule has 1 aromatic heterocycles. The molecular weight excluding hydrogens is 274 g/mol. The van der Waals surface area contributed by atoms with Crippen LogP contribution in [0.5, 0.6) is 0 Å². The zero-order valence-electron chi connectivity index (χ0n) is 12.9. The summed E-state index contributed by atoms with van der Waals surface area (Å²) in [6.45, 7) is 3.96. The number of nitrogens with one attached hydrogen (secondary N) is 1. The minimum Gasteiger partial charge on any atom is -0.308 e. The van der Waals surface area contributed by atoms with Crippen molar-refractivity contribution in [2.45, 2.75) is 51.6 Å². The first kappa shape index (κ1) is 17.4. The molecule has 1 atom stereocenters. The van der Waals surface area contributed by atoms with Gasteiger partial charge in [-0.3, -0.25) is 16.0 Å². The molecule has 1 heterocycles. The van der Waals surface area contributed by atoms with Gasteiger partial charge in [0.1, 0.15) is 0 Å². The summed E-state index contributed by atoms with van der Waals surface area (Å²) < 4.78 is 1.96. The summed E-state index contributed by atoms with van der Waals surface area (Å²) >= 11 is 6.28. The average Bonchev–Trinajstić information content (AvgIpc) is 2.78. The molecule has 0 aliphatic rings. The lowest BCUT2D eigenvalue weighted by Crippen LogP contribution is -2.31. The minimum absolute atomic E-state index is 0.0732. The summed E-state index contributed by atoms with van der Waals surface area (Å²) in [6, 6.07) is 0.0732. The fourth-order valence-electron chi connectivity index (χ4n) is 2.27. The highest BCUT2D eigenvalue weighted by Gasteiger charge is 2.19. The zero-order chi connectivity index (χ0) is 15.0. The van der Waals surface area contributed by atoms with Crippen LogP contribution in [0.3, 0.4) is 0 Å². The van der Waals surface area contributed by atoms with E-state index in [0.29, 0.717) is 5.02 Å². The summed E-state index contributed by atoms with van der Waals surface area (Å²) in [7, 11) is 4.10. The predicted molar refractivity (Wildman–Crippen MR) is 84.6 cm³/mol. The molecule has 6 heteroatoms. The summed E-state index contributed by atoms with van der Waals surface area (Å²) in [4.78, 5) is 2.13. The molecule has 20 heavy (non-hydrogen) atoms. The zero-order valence-corrected chi connectivity index (χ0v) is 13.7. The Morgan fingerprint density at radius 2 is 2.15 bits per heavy atom. The molecule has 0 amide bonds. The number of hydrogen-bond donors (Lipinski definition) is 2. The van der Waals surface area contributed by atoms with E-state index in [0.717, 1.165) is 31.6 Å². The van der Waals surface area contributed by atoms with Crippen molar-refractivity contribution < 1.29 is 0 Å². The first-order valence-electron chi connectivity index (χ1n) is 7.42. The summed E-state index contributed by atoms with van der Waals surface area (Å²) in [5.41, 5.74) is 3.90. The SMILES string of the molecule is CCCCCCC(NN)c1c(Cl)cnn1CCN(C)C. The molecule has 0 saturated carbocycles. The average molecular weight is 302 g/mol. The molecule has 1 unspecified atom stereocenters. The van der Waals surface area contributed by atoms with Crippen LogP contribution < -0.4 is 11.3 Å². The fourth-order valence-corrected chi connectivity index (χ4v) is 2.54. The van der Waals surface area contributed by atoms with Crippen LogP contribution >= 0.6 is 11.6 Å². The van der Waals surface area contributed by atoms with Crippen LogP contribution in [-0.4, -0.2) is 35.3 Å². The number of aromatic nitrogens is 2. The maximum atomic E-state index is 6.28. The third-order valence-electron chi connectivity index (χ3n) is 3.47. The fraction of sp³-hybridized carbons (Fsp3) is 0.786. The largest absolute Gasteiger partial charge is 0.308 e. The molecule has 1 rings (SSSR count). The van der Waals surface area contributed by atoms with Crippen LogP contribution in [0.2, 0.25) is 5.02 Å². The van der Waals surface area contributed by atoms with Crippen LogP contribution in [0.25, 0.3) is 0 Å². The lowest BCUT2D eigenvalue weighted by molar-refractivity contribution is 0.358. The highest BCUT2D eigenvalue weighted by molar-refractivity contribution is 6.31. The molecule has 0 radical (unpaired) electrons. The van der Waals surface area contributed by atoms with Crippen LogP contribution in [0.4, 0.5) is 0 Å². The van der Waals surface area contributed by atoms with Gasteiger partial charge < -0.3 is 4.90 Å². The van der Waals surface area contributed by atoms with Gasteiger partial charge in [-0.05, 0) is 20.5 Å². The predicted octanol–water partition coefficient (Wildman–Crippen LogP) is 2.57. The quantitative estimate of drug-likeness (QED) is 0.396. The number of hydrogen-bond acceptors (Lipinski definition) is 4. The number of nitrogens with zero attached hydrogens (tertiary/aromatic N) is 3. The number of halogens is 1. The molecule has 0 saturated heterocycles. The number of unbranched alkanes of at least 4 members (excludes halogenated alkanes) is 3. The Morgan fingerprint density at radius 3 is 2.75 bits per heavy atom. The van der Waals surface area contributed by atoms with Crippen molar-refractivity contribution in [2.24, 2.45) is 5.84 Å². The molecule has 116 valence electrons. The van der Waals surface area contributed by atoms with E-state index in [1.807, 2.05) is 18.8 Å². The Balaban J connectivity index is 2.67. The van der Waals surface area contributed by atoms with Gasteiger partial charge in [-0.2, -0.15) is 5.10 Å². The van der Waals surface area contributed by atoms with Crippen LogP contribution in [-0.2, 0) is 6.54 Å². The Hall–Kier alpha value is -0.620. The van der Waals surface area contributed by atoms with E-state index < -0.39 is 0 Å². The van der Waals surface area contributed by atoms with Crippen molar-refractivity contribution in [3.8, 4) is 0 Å². The normalized spacial score (nSPS) is 13.1. The standard InChI is InChI=1S/C14H28ClN5/c1-4-5-6-7-8-13(18-16)14-12(15)11-17-20(14)10-9-19(2)3/h11,13,18H,4-10,16H2,1-3H3. The van der Waals surface area contributed by atoms with Crippen molar-refractivity contribution in [1.29, 1.82) is 0 Å². The monoisotopic (exact) mass is 301 g/mol. The summed E-state index contributed by atoms with van der Waals surface area (Å²) in [5.74, 6) is 5.71. The molecule has 0 bridgehead atoms. The highest BCUT2D eigenvalue weighted by Crippen LogP contribution is 2.26. The number of hydrazine groups is 1. The van der Waals surface area contributed by atoms with E-state index in [1.54, 1.807) is 6.20 Å². The smallest absolute Gasteiger partial charge is 0.0834 e. The first-order chi connectivity index (χ1) is 9.60. The van der Waals surface area contributed by atoms with Crippen LogP contribution in [0, 0.1) is 0 Å². The van der Waals surface area contributed by atoms with Gasteiger partial charge in [-0.15, -0.1) is 0 Å². The number of nitrogens with two attached hydrogens (primary N) is 1. The summed E-state index contributed by atoms with van der Waals surface area (Å²) in [5, 5.41) is 5.06. The molecule has 3 N–H and O–H groups in total. The van der Waals surface area contributed by atoms with E-state index >= 15 is 0 Å². The topological polar surface area (TPSA) is 59.1 Å².